The molecule has 1 N–H and O–H groups in total. The second-order valence-corrected chi connectivity index (χ2v) is 7.48. The van der Waals surface area contributed by atoms with E-state index in [0.717, 1.165) is 34.6 Å². The summed E-state index contributed by atoms with van der Waals surface area (Å²) in [6.45, 7) is 10.3. The third-order valence-corrected chi connectivity index (χ3v) is 4.31. The van der Waals surface area contributed by atoms with Crippen molar-refractivity contribution in [1.82, 2.24) is 5.32 Å². The molecule has 0 bridgehead atoms. The Bertz CT molecular complexity index is 815. The van der Waals surface area contributed by atoms with Crippen LogP contribution >= 0.6 is 0 Å². The van der Waals surface area contributed by atoms with Crippen LogP contribution in [0.15, 0.2) is 59.0 Å². The highest BCUT2D eigenvalue weighted by molar-refractivity contribution is 5.79. The first-order valence-electron chi connectivity index (χ1n) is 8.91. The van der Waals surface area contributed by atoms with E-state index in [2.05, 4.69) is 57.3 Å². The molecule has 0 amide bonds. The second kappa shape index (κ2) is 7.32. The minimum absolute atomic E-state index is 0.0799. The van der Waals surface area contributed by atoms with Gasteiger partial charge in [0, 0.05) is 5.39 Å². The van der Waals surface area contributed by atoms with E-state index < -0.39 is 0 Å². The van der Waals surface area contributed by atoms with Crippen LogP contribution in [0.25, 0.3) is 11.0 Å². The van der Waals surface area contributed by atoms with Gasteiger partial charge >= 0.3 is 0 Å². The van der Waals surface area contributed by atoms with E-state index in [9.17, 15) is 0 Å². The average Bonchev–Trinajstić information content (AvgIpc) is 3.00. The zero-order chi connectivity index (χ0) is 17.9. The van der Waals surface area contributed by atoms with Gasteiger partial charge in [0.2, 0.25) is 0 Å². The van der Waals surface area contributed by atoms with Crippen LogP contribution in [0.1, 0.15) is 45.1 Å². The number of rotatable bonds is 6. The molecule has 0 aliphatic carbocycles. The summed E-state index contributed by atoms with van der Waals surface area (Å²) < 4.78 is 12.0. The first-order chi connectivity index (χ1) is 12.0. The minimum Gasteiger partial charge on any atom is -0.489 e. The highest BCUT2D eigenvalue weighted by Crippen LogP contribution is 2.36. The van der Waals surface area contributed by atoms with Gasteiger partial charge in [-0.3, -0.25) is 0 Å². The van der Waals surface area contributed by atoms with Gasteiger partial charge in [-0.1, -0.05) is 58.0 Å². The molecule has 0 aliphatic heterocycles. The molecule has 0 fully saturated rings. The number of benzene rings is 2. The SMILES string of the molecule is CCNC(c1cc2cc(OCc3ccccc3)ccc2o1)C(C)(C)C. The Morgan fingerprint density at radius 2 is 1.80 bits per heavy atom. The molecule has 1 aromatic heterocycles. The third kappa shape index (κ3) is 4.23. The molecule has 0 aliphatic rings. The molecular formula is C22H27NO2. The van der Waals surface area contributed by atoms with Crippen molar-refractivity contribution >= 4 is 11.0 Å². The first kappa shape index (κ1) is 17.6. The van der Waals surface area contributed by atoms with Crippen molar-refractivity contribution in [2.45, 2.75) is 40.3 Å². The number of nitrogens with one attached hydrogen (secondary N) is 1. The minimum atomic E-state index is 0.0799. The fourth-order valence-electron chi connectivity index (χ4n) is 3.05. The predicted molar refractivity (Wildman–Crippen MR) is 103 cm³/mol. The van der Waals surface area contributed by atoms with Crippen LogP contribution in [-0.4, -0.2) is 6.54 Å². The van der Waals surface area contributed by atoms with E-state index in [-0.39, 0.29) is 11.5 Å². The van der Waals surface area contributed by atoms with Gasteiger partial charge in [-0.2, -0.15) is 0 Å². The van der Waals surface area contributed by atoms with Gasteiger partial charge in [-0.05, 0) is 41.8 Å². The molecule has 25 heavy (non-hydrogen) atoms. The molecule has 1 atom stereocenters. The largest absolute Gasteiger partial charge is 0.489 e. The highest BCUT2D eigenvalue weighted by atomic mass is 16.5. The molecule has 0 spiro atoms. The molecule has 2 aromatic carbocycles. The molecule has 132 valence electrons. The fraction of sp³-hybridized carbons (Fsp3) is 0.364. The van der Waals surface area contributed by atoms with Gasteiger partial charge in [0.1, 0.15) is 23.7 Å². The van der Waals surface area contributed by atoms with E-state index in [4.69, 9.17) is 9.15 Å². The summed E-state index contributed by atoms with van der Waals surface area (Å²) in [4.78, 5) is 0. The Morgan fingerprint density at radius 3 is 2.48 bits per heavy atom. The smallest absolute Gasteiger partial charge is 0.134 e. The van der Waals surface area contributed by atoms with E-state index in [1.807, 2.05) is 30.3 Å². The molecule has 1 heterocycles. The summed E-state index contributed by atoms with van der Waals surface area (Å²) in [7, 11) is 0. The Morgan fingerprint density at radius 1 is 1.04 bits per heavy atom. The maximum absolute atomic E-state index is 6.11. The topological polar surface area (TPSA) is 34.4 Å². The molecule has 3 aromatic rings. The number of fused-ring (bicyclic) bond motifs is 1. The average molecular weight is 337 g/mol. The monoisotopic (exact) mass is 337 g/mol. The van der Waals surface area contributed by atoms with Crippen molar-refractivity contribution in [3.63, 3.8) is 0 Å². The van der Waals surface area contributed by atoms with Crippen LogP contribution < -0.4 is 10.1 Å². The first-order valence-corrected chi connectivity index (χ1v) is 8.91. The zero-order valence-corrected chi connectivity index (χ0v) is 15.5. The van der Waals surface area contributed by atoms with E-state index in [1.54, 1.807) is 0 Å². The number of hydrogen-bond acceptors (Lipinski definition) is 3. The summed E-state index contributed by atoms with van der Waals surface area (Å²) in [5.41, 5.74) is 2.14. The lowest BCUT2D eigenvalue weighted by atomic mass is 9.85. The Kier molecular flexibility index (Phi) is 5.14. The van der Waals surface area contributed by atoms with Crippen molar-refractivity contribution in [1.29, 1.82) is 0 Å². The van der Waals surface area contributed by atoms with Gasteiger partial charge in [0.15, 0.2) is 0 Å². The van der Waals surface area contributed by atoms with Gasteiger partial charge < -0.3 is 14.5 Å². The summed E-state index contributed by atoms with van der Waals surface area (Å²) >= 11 is 0. The Hall–Kier alpha value is -2.26. The van der Waals surface area contributed by atoms with Crippen LogP contribution in [0.4, 0.5) is 0 Å². The van der Waals surface area contributed by atoms with Crippen molar-refractivity contribution in [2.75, 3.05) is 6.54 Å². The number of ether oxygens (including phenoxy) is 1. The fourth-order valence-corrected chi connectivity index (χ4v) is 3.05. The zero-order valence-electron chi connectivity index (χ0n) is 15.5. The van der Waals surface area contributed by atoms with E-state index in [1.165, 1.54) is 0 Å². The predicted octanol–water partition coefficient (Wildman–Crippen LogP) is 5.71. The normalized spacial score (nSPS) is 13.1. The van der Waals surface area contributed by atoms with Crippen LogP contribution in [0.5, 0.6) is 5.75 Å². The van der Waals surface area contributed by atoms with Crippen molar-refractivity contribution in [2.24, 2.45) is 5.41 Å². The van der Waals surface area contributed by atoms with E-state index >= 15 is 0 Å². The van der Waals surface area contributed by atoms with Crippen molar-refractivity contribution in [3.05, 3.63) is 65.9 Å². The van der Waals surface area contributed by atoms with Gasteiger partial charge in [-0.25, -0.2) is 0 Å². The summed E-state index contributed by atoms with van der Waals surface area (Å²) in [6, 6.07) is 18.5. The molecule has 3 heteroatoms. The molecule has 1 unspecified atom stereocenters. The molecule has 3 rings (SSSR count). The summed E-state index contributed by atoms with van der Waals surface area (Å²) in [6.07, 6.45) is 0. The van der Waals surface area contributed by atoms with Gasteiger partial charge in [-0.15, -0.1) is 0 Å². The molecular weight excluding hydrogens is 310 g/mol. The standard InChI is InChI=1S/C22H27NO2/c1-5-23-21(22(2,3)4)20-14-17-13-18(11-12-19(17)25-20)24-15-16-9-7-6-8-10-16/h6-14,21,23H,5,15H2,1-4H3. The van der Waals surface area contributed by atoms with Crippen LogP contribution in [0.2, 0.25) is 0 Å². The molecule has 0 radical (unpaired) electrons. The van der Waals surface area contributed by atoms with E-state index in [0.29, 0.717) is 6.61 Å². The van der Waals surface area contributed by atoms with Crippen LogP contribution in [0, 0.1) is 5.41 Å². The highest BCUT2D eigenvalue weighted by Gasteiger charge is 2.28. The summed E-state index contributed by atoms with van der Waals surface area (Å²) in [5, 5.41) is 4.61. The Labute approximate surface area is 150 Å². The second-order valence-electron chi connectivity index (χ2n) is 7.48. The lowest BCUT2D eigenvalue weighted by Crippen LogP contribution is -2.31. The van der Waals surface area contributed by atoms with Crippen LogP contribution in [-0.2, 0) is 6.61 Å². The quantitative estimate of drug-likeness (QED) is 0.626. The number of hydrogen-bond donors (Lipinski definition) is 1. The molecule has 0 saturated heterocycles. The lowest BCUT2D eigenvalue weighted by molar-refractivity contribution is 0.244. The van der Waals surface area contributed by atoms with Crippen molar-refractivity contribution < 1.29 is 9.15 Å². The van der Waals surface area contributed by atoms with Crippen LogP contribution in [0.3, 0.4) is 0 Å². The maximum atomic E-state index is 6.11. The van der Waals surface area contributed by atoms with Gasteiger partial charge in [0.05, 0.1) is 6.04 Å². The summed E-state index contributed by atoms with van der Waals surface area (Å²) in [5.74, 6) is 1.84. The lowest BCUT2D eigenvalue weighted by Gasteiger charge is -2.29. The van der Waals surface area contributed by atoms with Crippen molar-refractivity contribution in [3.8, 4) is 5.75 Å². The number of furan rings is 1. The molecule has 3 nitrogen and oxygen atoms in total. The molecule has 0 saturated carbocycles. The Balaban J connectivity index is 1.81. The maximum Gasteiger partial charge on any atom is 0.134 e. The third-order valence-electron chi connectivity index (χ3n) is 4.31. The van der Waals surface area contributed by atoms with Gasteiger partial charge in [0.25, 0.3) is 0 Å².